The second-order valence-electron chi connectivity index (χ2n) is 6.66. The number of urea groups is 1. The number of nitrogens with zero attached hydrogens (tertiary/aromatic N) is 2. The van der Waals surface area contributed by atoms with Crippen molar-refractivity contribution in [1.82, 2.24) is 10.3 Å². The van der Waals surface area contributed by atoms with Crippen LogP contribution in [0, 0.1) is 0 Å². The Morgan fingerprint density at radius 1 is 1.18 bits per heavy atom. The number of pyridine rings is 1. The Balaban J connectivity index is 1.70. The van der Waals surface area contributed by atoms with Crippen molar-refractivity contribution in [3.05, 3.63) is 52.2 Å². The van der Waals surface area contributed by atoms with Crippen LogP contribution in [0.15, 0.2) is 30.5 Å². The minimum Gasteiger partial charge on any atom is -0.378 e. The van der Waals surface area contributed by atoms with Gasteiger partial charge in [0.15, 0.2) is 0 Å². The second-order valence-corrected chi connectivity index (χ2v) is 7.07. The molecule has 1 aliphatic heterocycles. The Morgan fingerprint density at radius 2 is 1.96 bits per heavy atom. The molecule has 0 spiro atoms. The molecule has 0 saturated carbocycles. The zero-order valence-electron chi connectivity index (χ0n) is 16.4. The molecular weight excluding hydrogens is 376 g/mol. The first-order valence-corrected chi connectivity index (χ1v) is 10.1. The molecule has 2 amide bonds. The fraction of sp³-hybridized carbons (Fsp3) is 0.429. The molecule has 6 nitrogen and oxygen atoms in total. The third-order valence-electron chi connectivity index (χ3n) is 4.93. The number of hydrogen-bond acceptors (Lipinski definition) is 4. The number of halogens is 1. The van der Waals surface area contributed by atoms with Crippen LogP contribution in [0.3, 0.4) is 0 Å². The van der Waals surface area contributed by atoms with E-state index in [9.17, 15) is 4.79 Å². The van der Waals surface area contributed by atoms with Gasteiger partial charge in [0.05, 0.1) is 18.9 Å². The summed E-state index contributed by atoms with van der Waals surface area (Å²) >= 11 is 6.33. The lowest BCUT2D eigenvalue weighted by Gasteiger charge is -2.29. The van der Waals surface area contributed by atoms with Crippen LogP contribution in [0.1, 0.15) is 30.5 Å². The van der Waals surface area contributed by atoms with Crippen LogP contribution in [0.2, 0.25) is 5.02 Å². The van der Waals surface area contributed by atoms with Gasteiger partial charge in [-0.15, -0.1) is 0 Å². The van der Waals surface area contributed by atoms with Gasteiger partial charge in [-0.2, -0.15) is 0 Å². The molecular formula is C21H27ClN4O2. The van der Waals surface area contributed by atoms with Gasteiger partial charge >= 0.3 is 6.03 Å². The number of hydrogen-bond donors (Lipinski definition) is 2. The Hall–Kier alpha value is -2.31. The van der Waals surface area contributed by atoms with E-state index in [1.165, 1.54) is 0 Å². The Bertz CT molecular complexity index is 822. The van der Waals surface area contributed by atoms with E-state index in [0.717, 1.165) is 54.1 Å². The molecule has 1 aromatic heterocycles. The van der Waals surface area contributed by atoms with Crippen LogP contribution in [-0.4, -0.2) is 37.3 Å². The van der Waals surface area contributed by atoms with Crippen LogP contribution >= 0.6 is 11.6 Å². The first-order chi connectivity index (χ1) is 13.6. The van der Waals surface area contributed by atoms with E-state index in [1.54, 1.807) is 6.20 Å². The average molecular weight is 403 g/mol. The molecule has 1 aromatic carbocycles. The number of morpholine rings is 1. The number of benzene rings is 1. The lowest BCUT2D eigenvalue weighted by atomic mass is 10.0. The molecule has 1 aliphatic rings. The van der Waals surface area contributed by atoms with Crippen LogP contribution in [0.5, 0.6) is 0 Å². The topological polar surface area (TPSA) is 66.5 Å². The van der Waals surface area contributed by atoms with E-state index >= 15 is 0 Å². The van der Waals surface area contributed by atoms with Crippen molar-refractivity contribution in [3.63, 3.8) is 0 Å². The van der Waals surface area contributed by atoms with Crippen LogP contribution in [-0.2, 0) is 24.1 Å². The van der Waals surface area contributed by atoms with E-state index in [2.05, 4.69) is 27.4 Å². The molecule has 0 radical (unpaired) electrons. The van der Waals surface area contributed by atoms with Crippen molar-refractivity contribution in [3.8, 4) is 0 Å². The maximum atomic E-state index is 12.6. The summed E-state index contributed by atoms with van der Waals surface area (Å²) in [4.78, 5) is 19.3. The molecule has 7 heteroatoms. The first kappa shape index (κ1) is 20.4. The smallest absolute Gasteiger partial charge is 0.319 e. The fourth-order valence-corrected chi connectivity index (χ4v) is 3.72. The van der Waals surface area contributed by atoms with Crippen molar-refractivity contribution in [2.75, 3.05) is 36.5 Å². The zero-order chi connectivity index (χ0) is 19.9. The predicted octanol–water partition coefficient (Wildman–Crippen LogP) is 4.02. The average Bonchev–Trinajstić information content (AvgIpc) is 2.73. The molecule has 2 N–H and O–H groups in total. The first-order valence-electron chi connectivity index (χ1n) is 9.75. The predicted molar refractivity (Wildman–Crippen MR) is 113 cm³/mol. The number of carbonyl (C=O) groups excluding carboxylic acids is 1. The highest BCUT2D eigenvalue weighted by molar-refractivity contribution is 6.31. The van der Waals surface area contributed by atoms with E-state index in [1.807, 2.05) is 31.2 Å². The van der Waals surface area contributed by atoms with Gasteiger partial charge in [-0.3, -0.25) is 0 Å². The number of aryl methyl sites for hydroxylation is 1. The molecule has 1 saturated heterocycles. The maximum Gasteiger partial charge on any atom is 0.319 e. The van der Waals surface area contributed by atoms with Crippen LogP contribution in [0.25, 0.3) is 0 Å². The summed E-state index contributed by atoms with van der Waals surface area (Å²) in [7, 11) is 0. The molecule has 2 heterocycles. The summed E-state index contributed by atoms with van der Waals surface area (Å²) in [5, 5.41) is 6.64. The lowest BCUT2D eigenvalue weighted by molar-refractivity contribution is 0.122. The summed E-state index contributed by atoms with van der Waals surface area (Å²) in [6.07, 6.45) is 3.36. The van der Waals surface area contributed by atoms with Gasteiger partial charge in [-0.05, 0) is 36.1 Å². The molecule has 0 bridgehead atoms. The summed E-state index contributed by atoms with van der Waals surface area (Å²) < 4.78 is 5.42. The molecule has 150 valence electrons. The highest BCUT2D eigenvalue weighted by Gasteiger charge is 2.17. The minimum atomic E-state index is -0.247. The summed E-state index contributed by atoms with van der Waals surface area (Å²) in [5.41, 5.74) is 3.84. The molecule has 0 unspecified atom stereocenters. The summed E-state index contributed by atoms with van der Waals surface area (Å²) in [6, 6.07) is 7.50. The van der Waals surface area contributed by atoms with Gasteiger partial charge in [-0.1, -0.05) is 37.6 Å². The van der Waals surface area contributed by atoms with Gasteiger partial charge in [0, 0.05) is 36.4 Å². The second kappa shape index (κ2) is 9.75. The third kappa shape index (κ3) is 4.75. The molecule has 1 fully saturated rings. The van der Waals surface area contributed by atoms with E-state index in [4.69, 9.17) is 16.3 Å². The number of rotatable bonds is 6. The SMILES string of the molecule is CCc1ccc(Cl)c(CC)c1NC(=O)NCc1cccnc1N1CCOCC1. The van der Waals surface area contributed by atoms with E-state index in [-0.39, 0.29) is 6.03 Å². The normalized spacial score (nSPS) is 14.0. The molecule has 0 atom stereocenters. The number of amides is 2. The van der Waals surface area contributed by atoms with Crippen molar-refractivity contribution in [1.29, 1.82) is 0 Å². The van der Waals surface area contributed by atoms with Crippen LogP contribution < -0.4 is 15.5 Å². The quantitative estimate of drug-likeness (QED) is 0.765. The third-order valence-corrected chi connectivity index (χ3v) is 5.29. The fourth-order valence-electron chi connectivity index (χ4n) is 3.43. The summed E-state index contributed by atoms with van der Waals surface area (Å²) in [6.45, 7) is 7.49. The Labute approximate surface area is 171 Å². The zero-order valence-corrected chi connectivity index (χ0v) is 17.2. The van der Waals surface area contributed by atoms with E-state index in [0.29, 0.717) is 24.8 Å². The van der Waals surface area contributed by atoms with Crippen molar-refractivity contribution < 1.29 is 9.53 Å². The monoisotopic (exact) mass is 402 g/mol. The highest BCUT2D eigenvalue weighted by atomic mass is 35.5. The highest BCUT2D eigenvalue weighted by Crippen LogP contribution is 2.29. The van der Waals surface area contributed by atoms with Gasteiger partial charge in [0.2, 0.25) is 0 Å². The standard InChI is InChI=1S/C21H27ClN4O2/c1-3-15-7-8-18(22)17(4-2)19(15)25-21(27)24-14-16-6-5-9-23-20(16)26-10-12-28-13-11-26/h5-9H,3-4,10-14H2,1-2H3,(H2,24,25,27). The lowest BCUT2D eigenvalue weighted by Crippen LogP contribution is -2.38. The molecule has 2 aromatic rings. The van der Waals surface area contributed by atoms with Gasteiger partial charge in [-0.25, -0.2) is 9.78 Å². The number of carbonyl (C=O) groups is 1. The minimum absolute atomic E-state index is 0.247. The van der Waals surface area contributed by atoms with Gasteiger partial charge < -0.3 is 20.3 Å². The molecule has 0 aliphatic carbocycles. The van der Waals surface area contributed by atoms with Crippen LogP contribution in [0.4, 0.5) is 16.3 Å². The molecule has 28 heavy (non-hydrogen) atoms. The van der Waals surface area contributed by atoms with E-state index < -0.39 is 0 Å². The van der Waals surface area contributed by atoms with Gasteiger partial charge in [0.25, 0.3) is 0 Å². The maximum absolute atomic E-state index is 12.6. The van der Waals surface area contributed by atoms with Gasteiger partial charge in [0.1, 0.15) is 5.82 Å². The van der Waals surface area contributed by atoms with Crippen molar-refractivity contribution in [2.45, 2.75) is 33.2 Å². The number of aromatic nitrogens is 1. The number of nitrogens with one attached hydrogen (secondary N) is 2. The van der Waals surface area contributed by atoms with Crippen molar-refractivity contribution >= 4 is 29.1 Å². The Morgan fingerprint density at radius 3 is 2.68 bits per heavy atom. The summed E-state index contributed by atoms with van der Waals surface area (Å²) in [5.74, 6) is 0.900. The largest absolute Gasteiger partial charge is 0.378 e. The number of anilines is 2. The number of ether oxygens (including phenoxy) is 1. The molecule has 3 rings (SSSR count). The Kier molecular flexibility index (Phi) is 7.12. The van der Waals surface area contributed by atoms with Crippen molar-refractivity contribution in [2.24, 2.45) is 0 Å².